The first-order valence-electron chi connectivity index (χ1n) is 12.1. The Bertz CT molecular complexity index is 1470. The van der Waals surface area contributed by atoms with Gasteiger partial charge in [-0.05, 0) is 84.3 Å². The molecule has 4 rings (SSSR count). The maximum atomic E-state index is 12.0. The van der Waals surface area contributed by atoms with Gasteiger partial charge in [-0.2, -0.15) is 0 Å². The number of hydrogen-bond donors (Lipinski definition) is 0. The number of rotatable bonds is 9. The van der Waals surface area contributed by atoms with Crippen molar-refractivity contribution in [2.45, 2.75) is 26.2 Å². The normalized spacial score (nSPS) is 10.9. The van der Waals surface area contributed by atoms with Crippen molar-refractivity contribution in [3.05, 3.63) is 118 Å². The van der Waals surface area contributed by atoms with E-state index in [-0.39, 0.29) is 16.5 Å². The maximum absolute atomic E-state index is 12.0. The first-order valence-corrected chi connectivity index (χ1v) is 12.1. The lowest BCUT2D eigenvalue weighted by Crippen LogP contribution is -2.18. The number of ether oxygens (including phenoxy) is 3. The summed E-state index contributed by atoms with van der Waals surface area (Å²) in [5, 5.41) is 0. The van der Waals surface area contributed by atoms with Crippen molar-refractivity contribution < 1.29 is 28.6 Å². The molecular formula is C32H28O6. The van der Waals surface area contributed by atoms with E-state index in [9.17, 15) is 14.4 Å². The highest BCUT2D eigenvalue weighted by molar-refractivity contribution is 5.98. The van der Waals surface area contributed by atoms with Crippen LogP contribution in [0.25, 0.3) is 0 Å². The Kier molecular flexibility index (Phi) is 7.72. The summed E-state index contributed by atoms with van der Waals surface area (Å²) in [6, 6.07) is 25.7. The van der Waals surface area contributed by atoms with Crippen LogP contribution in [-0.2, 0) is 10.2 Å². The minimum atomic E-state index is -0.600. The minimum Gasteiger partial charge on any atom is -0.465 e. The fourth-order valence-electron chi connectivity index (χ4n) is 4.15. The molecule has 4 aromatic rings. The predicted molar refractivity (Wildman–Crippen MR) is 145 cm³/mol. The van der Waals surface area contributed by atoms with E-state index in [1.807, 2.05) is 61.5 Å². The van der Waals surface area contributed by atoms with Crippen molar-refractivity contribution in [2.75, 3.05) is 7.11 Å². The van der Waals surface area contributed by atoms with Crippen LogP contribution in [0.4, 0.5) is 0 Å². The second kappa shape index (κ2) is 11.1. The summed E-state index contributed by atoms with van der Waals surface area (Å²) in [5.74, 6) is 1.80. The Morgan fingerprint density at radius 3 is 1.55 bits per heavy atom. The molecule has 4 aromatic carbocycles. The molecule has 6 heteroatoms. The molecule has 0 spiro atoms. The van der Waals surface area contributed by atoms with Crippen LogP contribution in [0.2, 0.25) is 0 Å². The van der Waals surface area contributed by atoms with E-state index in [2.05, 4.69) is 13.8 Å². The van der Waals surface area contributed by atoms with E-state index in [4.69, 9.17) is 14.2 Å². The molecule has 0 atom stereocenters. The SMILES string of the molecule is COC(=O)c1cc(Oc2ccc(C(C)(C)c3ccc(Oc4ccc(C=O)c(C)c4)cc3)cc2)ccc1C=O. The molecule has 0 heterocycles. The lowest BCUT2D eigenvalue weighted by molar-refractivity contribution is 0.0598. The highest BCUT2D eigenvalue weighted by Crippen LogP contribution is 2.35. The topological polar surface area (TPSA) is 78.9 Å². The number of carbonyl (C=O) groups excluding carboxylic acids is 3. The van der Waals surface area contributed by atoms with Crippen LogP contribution >= 0.6 is 0 Å². The molecule has 0 saturated heterocycles. The molecule has 192 valence electrons. The van der Waals surface area contributed by atoms with Gasteiger partial charge in [-0.15, -0.1) is 0 Å². The first-order chi connectivity index (χ1) is 18.2. The summed E-state index contributed by atoms with van der Waals surface area (Å²) >= 11 is 0. The predicted octanol–water partition coefficient (Wildman–Crippen LogP) is 7.32. The van der Waals surface area contributed by atoms with Gasteiger partial charge in [-0.25, -0.2) is 4.79 Å². The van der Waals surface area contributed by atoms with Crippen molar-refractivity contribution in [2.24, 2.45) is 0 Å². The summed E-state index contributed by atoms with van der Waals surface area (Å²) < 4.78 is 16.6. The molecule has 0 aliphatic rings. The molecule has 0 bridgehead atoms. The zero-order valence-electron chi connectivity index (χ0n) is 21.7. The zero-order valence-corrected chi connectivity index (χ0v) is 21.7. The average molecular weight is 509 g/mol. The van der Waals surface area contributed by atoms with E-state index < -0.39 is 5.97 Å². The fraction of sp³-hybridized carbons (Fsp3) is 0.156. The van der Waals surface area contributed by atoms with Crippen LogP contribution in [0.1, 0.15) is 61.6 Å². The van der Waals surface area contributed by atoms with Gasteiger partial charge in [-0.1, -0.05) is 38.1 Å². The molecule has 0 radical (unpaired) electrons. The number of carbonyl (C=O) groups is 3. The smallest absolute Gasteiger partial charge is 0.338 e. The highest BCUT2D eigenvalue weighted by atomic mass is 16.5. The van der Waals surface area contributed by atoms with Crippen LogP contribution in [0.15, 0.2) is 84.9 Å². The monoisotopic (exact) mass is 508 g/mol. The summed E-state index contributed by atoms with van der Waals surface area (Å²) in [7, 11) is 1.26. The molecule has 0 aromatic heterocycles. The van der Waals surface area contributed by atoms with E-state index in [0.717, 1.165) is 23.0 Å². The van der Waals surface area contributed by atoms with Crippen LogP contribution < -0.4 is 9.47 Å². The number of hydrogen-bond acceptors (Lipinski definition) is 6. The molecule has 0 saturated carbocycles. The fourth-order valence-corrected chi connectivity index (χ4v) is 4.15. The summed E-state index contributed by atoms with van der Waals surface area (Å²) in [6.45, 7) is 6.16. The largest absolute Gasteiger partial charge is 0.465 e. The van der Waals surface area contributed by atoms with Crippen molar-refractivity contribution in [1.82, 2.24) is 0 Å². The zero-order chi connectivity index (χ0) is 27.3. The molecule has 0 unspecified atom stereocenters. The lowest BCUT2D eigenvalue weighted by atomic mass is 9.78. The Hall–Kier alpha value is -4.71. The van der Waals surface area contributed by atoms with E-state index in [1.54, 1.807) is 18.2 Å². The third kappa shape index (κ3) is 5.65. The first kappa shape index (κ1) is 26.4. The van der Waals surface area contributed by atoms with Crippen LogP contribution in [0.3, 0.4) is 0 Å². The van der Waals surface area contributed by atoms with Gasteiger partial charge in [0.05, 0.1) is 12.7 Å². The number of benzene rings is 4. The molecule has 6 nitrogen and oxygen atoms in total. The molecule has 0 fully saturated rings. The summed E-state index contributed by atoms with van der Waals surface area (Å²) in [6.07, 6.45) is 1.44. The molecule has 0 aliphatic carbocycles. The van der Waals surface area contributed by atoms with E-state index in [0.29, 0.717) is 34.8 Å². The van der Waals surface area contributed by atoms with Gasteiger partial charge in [0.1, 0.15) is 29.3 Å². The second-order valence-corrected chi connectivity index (χ2v) is 9.37. The van der Waals surface area contributed by atoms with Crippen molar-refractivity contribution in [3.8, 4) is 23.0 Å². The molecule has 38 heavy (non-hydrogen) atoms. The highest BCUT2D eigenvalue weighted by Gasteiger charge is 2.23. The standard InChI is InChI=1S/C32H28O6/c1-21-17-28(11-5-22(21)19-33)37-26-13-7-24(8-14-26)32(2,3)25-9-15-27(16-10-25)38-29-12-6-23(20-34)30(18-29)31(35)36-4/h5-20H,1-4H3. The van der Waals surface area contributed by atoms with Crippen LogP contribution in [0, 0.1) is 6.92 Å². The molecule has 0 aliphatic heterocycles. The number of methoxy groups -OCH3 is 1. The van der Waals surface area contributed by atoms with Crippen molar-refractivity contribution in [1.29, 1.82) is 0 Å². The Balaban J connectivity index is 1.48. The molecule has 0 amide bonds. The molecular weight excluding hydrogens is 480 g/mol. The quantitative estimate of drug-likeness (QED) is 0.174. The summed E-state index contributed by atoms with van der Waals surface area (Å²) in [5.41, 5.74) is 3.81. The van der Waals surface area contributed by atoms with E-state index >= 15 is 0 Å². The van der Waals surface area contributed by atoms with Crippen molar-refractivity contribution >= 4 is 18.5 Å². The van der Waals surface area contributed by atoms with Crippen LogP contribution in [0.5, 0.6) is 23.0 Å². The van der Waals surface area contributed by atoms with Crippen molar-refractivity contribution in [3.63, 3.8) is 0 Å². The Morgan fingerprint density at radius 1 is 0.658 bits per heavy atom. The third-order valence-electron chi connectivity index (χ3n) is 6.55. The molecule has 0 N–H and O–H groups in total. The Morgan fingerprint density at radius 2 is 1.11 bits per heavy atom. The van der Waals surface area contributed by atoms with Gasteiger partial charge in [0.25, 0.3) is 0 Å². The van der Waals surface area contributed by atoms with Gasteiger partial charge in [0.2, 0.25) is 0 Å². The lowest BCUT2D eigenvalue weighted by Gasteiger charge is -2.26. The summed E-state index contributed by atoms with van der Waals surface area (Å²) in [4.78, 5) is 34.3. The minimum absolute atomic E-state index is 0.151. The third-order valence-corrected chi connectivity index (χ3v) is 6.55. The Labute approximate surface area is 221 Å². The van der Waals surface area contributed by atoms with Crippen LogP contribution in [-0.4, -0.2) is 25.7 Å². The van der Waals surface area contributed by atoms with Gasteiger partial charge in [0.15, 0.2) is 6.29 Å². The number of esters is 1. The van der Waals surface area contributed by atoms with Gasteiger partial charge in [-0.3, -0.25) is 9.59 Å². The van der Waals surface area contributed by atoms with Gasteiger partial charge >= 0.3 is 5.97 Å². The van der Waals surface area contributed by atoms with Gasteiger partial charge in [0, 0.05) is 16.5 Å². The average Bonchev–Trinajstić information content (AvgIpc) is 2.93. The number of aldehydes is 2. The van der Waals surface area contributed by atoms with Gasteiger partial charge < -0.3 is 14.2 Å². The second-order valence-electron chi connectivity index (χ2n) is 9.37. The van der Waals surface area contributed by atoms with E-state index in [1.165, 1.54) is 19.2 Å². The maximum Gasteiger partial charge on any atom is 0.338 e. The number of aryl methyl sites for hydroxylation is 1.